The summed E-state index contributed by atoms with van der Waals surface area (Å²) in [7, 11) is 0. The second-order valence-electron chi connectivity index (χ2n) is 10.8. The maximum absolute atomic E-state index is 13.0. The molecule has 0 radical (unpaired) electrons. The van der Waals surface area contributed by atoms with Crippen LogP contribution in [0.4, 0.5) is 11.4 Å². The van der Waals surface area contributed by atoms with Crippen molar-refractivity contribution in [2.75, 3.05) is 49.9 Å². The number of hydrogen-bond donors (Lipinski definition) is 4. The average molecular weight is 519 g/mol. The number of hydrogen-bond acceptors (Lipinski definition) is 7. The van der Waals surface area contributed by atoms with Gasteiger partial charge >= 0.3 is 0 Å². The van der Waals surface area contributed by atoms with Crippen LogP contribution in [0.3, 0.4) is 0 Å². The predicted octanol–water partition coefficient (Wildman–Crippen LogP) is 2.30. The number of benzene rings is 1. The Hall–Kier alpha value is -2.30. The molecule has 10 heteroatoms. The topological polar surface area (TPSA) is 120 Å². The van der Waals surface area contributed by atoms with E-state index in [2.05, 4.69) is 20.9 Å². The number of thioether (sulfide) groups is 1. The van der Waals surface area contributed by atoms with Gasteiger partial charge in [0.1, 0.15) is 16.7 Å². The maximum Gasteiger partial charge on any atom is 0.239 e. The molecule has 2 aliphatic heterocycles. The summed E-state index contributed by atoms with van der Waals surface area (Å²) in [6, 6.07) is 6.71. The van der Waals surface area contributed by atoms with Gasteiger partial charge in [-0.15, -0.1) is 11.8 Å². The molecule has 3 amide bonds. The fraction of sp³-hybridized carbons (Fsp3) is 0.654. The Balaban J connectivity index is 1.51. The number of nitrogens with zero attached hydrogens (tertiary/aromatic N) is 2. The molecule has 0 aliphatic carbocycles. The second-order valence-corrected chi connectivity index (χ2v) is 12.1. The summed E-state index contributed by atoms with van der Waals surface area (Å²) >= 11 is 1.43. The van der Waals surface area contributed by atoms with Gasteiger partial charge in [0.15, 0.2) is 0 Å². The molecule has 9 nitrogen and oxygen atoms in total. The van der Waals surface area contributed by atoms with Gasteiger partial charge in [-0.05, 0) is 56.5 Å². The van der Waals surface area contributed by atoms with Crippen LogP contribution in [0.15, 0.2) is 24.3 Å². The third-order valence-corrected chi connectivity index (χ3v) is 7.93. The Bertz CT molecular complexity index is 915. The van der Waals surface area contributed by atoms with Crippen molar-refractivity contribution in [2.45, 2.75) is 63.6 Å². The van der Waals surface area contributed by atoms with Crippen LogP contribution in [0, 0.1) is 5.41 Å². The number of rotatable bonds is 11. The molecule has 0 aromatic heterocycles. The largest absolute Gasteiger partial charge is 0.383 e. The molecule has 2 fully saturated rings. The molecule has 5 N–H and O–H groups in total. The Labute approximate surface area is 219 Å². The van der Waals surface area contributed by atoms with Gasteiger partial charge in [0.25, 0.3) is 0 Å². The van der Waals surface area contributed by atoms with Gasteiger partial charge in [-0.2, -0.15) is 0 Å². The van der Waals surface area contributed by atoms with Crippen LogP contribution in [0.1, 0.15) is 47.0 Å². The van der Waals surface area contributed by atoms with E-state index in [0.717, 1.165) is 31.0 Å². The Morgan fingerprint density at radius 2 is 1.89 bits per heavy atom. The summed E-state index contributed by atoms with van der Waals surface area (Å²) in [5.41, 5.74) is 7.78. The first-order valence-corrected chi connectivity index (χ1v) is 13.9. The molecule has 0 bridgehead atoms. The first-order valence-electron chi connectivity index (χ1n) is 12.9. The number of likely N-dealkylation sites (tertiary alicyclic amines) is 1. The zero-order chi connectivity index (χ0) is 26.3. The number of amides is 3. The molecule has 2 heterocycles. The van der Waals surface area contributed by atoms with E-state index in [1.807, 2.05) is 52.0 Å². The molecule has 1 unspecified atom stereocenters. The molecule has 3 rings (SSSR count). The number of carbonyl (C=O) groups excluding carboxylic acids is 3. The summed E-state index contributed by atoms with van der Waals surface area (Å²) in [4.78, 5) is 42.0. The average Bonchev–Trinajstić information content (AvgIpc) is 3.46. The Kier molecular flexibility index (Phi) is 10.0. The fourth-order valence-electron chi connectivity index (χ4n) is 4.37. The van der Waals surface area contributed by atoms with Crippen molar-refractivity contribution in [3.8, 4) is 0 Å². The van der Waals surface area contributed by atoms with Gasteiger partial charge in [0.05, 0.1) is 0 Å². The van der Waals surface area contributed by atoms with E-state index in [1.54, 1.807) is 4.90 Å². The molecule has 1 aromatic rings. The number of nitrogens with one attached hydrogen (secondary N) is 3. The van der Waals surface area contributed by atoms with Gasteiger partial charge in [-0.25, -0.2) is 0 Å². The van der Waals surface area contributed by atoms with Crippen molar-refractivity contribution in [3.05, 3.63) is 24.3 Å². The Morgan fingerprint density at radius 1 is 1.19 bits per heavy atom. The van der Waals surface area contributed by atoms with E-state index < -0.39 is 11.4 Å². The maximum atomic E-state index is 13.0. The predicted molar refractivity (Wildman–Crippen MR) is 147 cm³/mol. The molecule has 0 spiro atoms. The van der Waals surface area contributed by atoms with E-state index in [0.29, 0.717) is 26.1 Å². The van der Waals surface area contributed by atoms with Gasteiger partial charge in [-0.3, -0.25) is 14.4 Å². The molecule has 2 aliphatic rings. The standard InChI is InChI=1S/C26H42N6O3S/c1-5-32-24(35)20(36-25(32)22(27)23(34)29-17-26(2,3)4)16-28-18-9-8-10-19(15-18)30-21(33)11-14-31-12-6-7-13-31/h8-10,15,20,22,25,28H,5-7,11-14,16-17,27H2,1-4H3,(H,29,34)(H,30,33)/t20-,22-,25?/m1/s1. The quantitative estimate of drug-likeness (QED) is 0.355. The molecule has 200 valence electrons. The van der Waals surface area contributed by atoms with E-state index in [1.165, 1.54) is 24.6 Å². The van der Waals surface area contributed by atoms with E-state index in [4.69, 9.17) is 5.73 Å². The van der Waals surface area contributed by atoms with Crippen LogP contribution in [0.2, 0.25) is 0 Å². The second kappa shape index (κ2) is 12.8. The molecule has 3 atom stereocenters. The lowest BCUT2D eigenvalue weighted by Crippen LogP contribution is -2.53. The zero-order valence-corrected chi connectivity index (χ0v) is 22.8. The lowest BCUT2D eigenvalue weighted by Gasteiger charge is -2.28. The van der Waals surface area contributed by atoms with Gasteiger partial charge in [0, 0.05) is 44.0 Å². The van der Waals surface area contributed by atoms with Crippen LogP contribution in [-0.2, 0) is 14.4 Å². The highest BCUT2D eigenvalue weighted by Gasteiger charge is 2.44. The number of likely N-dealkylation sites (N-methyl/N-ethyl adjacent to an activating group) is 1. The molecule has 36 heavy (non-hydrogen) atoms. The first kappa shape index (κ1) is 28.3. The van der Waals surface area contributed by atoms with Crippen LogP contribution in [0.25, 0.3) is 0 Å². The zero-order valence-electron chi connectivity index (χ0n) is 22.0. The molecular weight excluding hydrogens is 476 g/mol. The van der Waals surface area contributed by atoms with Gasteiger partial charge < -0.3 is 31.5 Å². The SMILES string of the molecule is CCN1C(=O)[C@@H](CNc2cccc(NC(=O)CCN3CCCC3)c2)SC1[C@H](N)C(=O)NCC(C)(C)C. The minimum atomic E-state index is -0.801. The number of carbonyl (C=O) groups is 3. The van der Waals surface area contributed by atoms with E-state index in [-0.39, 0.29) is 28.4 Å². The molecule has 0 saturated carbocycles. The van der Waals surface area contributed by atoms with E-state index in [9.17, 15) is 14.4 Å². The lowest BCUT2D eigenvalue weighted by molar-refractivity contribution is -0.131. The summed E-state index contributed by atoms with van der Waals surface area (Å²) in [6.45, 7) is 12.4. The summed E-state index contributed by atoms with van der Waals surface area (Å²) < 4.78 is 0. The highest BCUT2D eigenvalue weighted by Crippen LogP contribution is 2.33. The highest BCUT2D eigenvalue weighted by atomic mass is 32.2. The monoisotopic (exact) mass is 518 g/mol. The van der Waals surface area contributed by atoms with Crippen molar-refractivity contribution in [2.24, 2.45) is 11.1 Å². The highest BCUT2D eigenvalue weighted by molar-refractivity contribution is 8.01. The Morgan fingerprint density at radius 3 is 2.56 bits per heavy atom. The summed E-state index contributed by atoms with van der Waals surface area (Å²) in [5, 5.41) is 8.44. The number of nitrogens with two attached hydrogens (primary N) is 1. The third-order valence-electron chi connectivity index (χ3n) is 6.40. The normalized spacial score (nSPS) is 21.5. The minimum absolute atomic E-state index is 0.000676. The summed E-state index contributed by atoms with van der Waals surface area (Å²) in [5.74, 6) is -0.262. The van der Waals surface area contributed by atoms with Crippen LogP contribution in [0.5, 0.6) is 0 Å². The van der Waals surface area contributed by atoms with Crippen LogP contribution in [-0.4, -0.2) is 83.5 Å². The van der Waals surface area contributed by atoms with Crippen molar-refractivity contribution < 1.29 is 14.4 Å². The number of anilines is 2. The first-order chi connectivity index (χ1) is 17.1. The fourth-order valence-corrected chi connectivity index (χ4v) is 5.83. The van der Waals surface area contributed by atoms with Crippen molar-refractivity contribution in [3.63, 3.8) is 0 Å². The summed E-state index contributed by atoms with van der Waals surface area (Å²) in [6.07, 6.45) is 2.90. The molecule has 1 aromatic carbocycles. The lowest BCUT2D eigenvalue weighted by atomic mass is 9.97. The van der Waals surface area contributed by atoms with Crippen LogP contribution < -0.4 is 21.7 Å². The van der Waals surface area contributed by atoms with Crippen molar-refractivity contribution in [1.82, 2.24) is 15.1 Å². The minimum Gasteiger partial charge on any atom is -0.383 e. The molecular formula is C26H42N6O3S. The smallest absolute Gasteiger partial charge is 0.239 e. The van der Waals surface area contributed by atoms with Crippen molar-refractivity contribution >= 4 is 40.9 Å². The molecule has 2 saturated heterocycles. The van der Waals surface area contributed by atoms with E-state index >= 15 is 0 Å². The van der Waals surface area contributed by atoms with Crippen molar-refractivity contribution in [1.29, 1.82) is 0 Å². The van der Waals surface area contributed by atoms with Gasteiger partial charge in [0.2, 0.25) is 17.7 Å². The third kappa shape index (κ3) is 8.11. The van der Waals surface area contributed by atoms with Gasteiger partial charge in [-0.1, -0.05) is 26.8 Å². The van der Waals surface area contributed by atoms with Crippen LogP contribution >= 0.6 is 11.8 Å².